The summed E-state index contributed by atoms with van der Waals surface area (Å²) in [4.78, 5) is 26.7. The zero-order valence-electron chi connectivity index (χ0n) is 11.0. The van der Waals surface area contributed by atoms with Crippen molar-refractivity contribution in [3.63, 3.8) is 0 Å². The van der Waals surface area contributed by atoms with E-state index in [1.54, 1.807) is 12.1 Å². The van der Waals surface area contributed by atoms with Crippen LogP contribution in [0.15, 0.2) is 30.4 Å². The van der Waals surface area contributed by atoms with E-state index in [9.17, 15) is 9.59 Å². The van der Waals surface area contributed by atoms with Crippen molar-refractivity contribution in [3.8, 4) is 0 Å². The lowest BCUT2D eigenvalue weighted by Crippen LogP contribution is -2.33. The first-order chi connectivity index (χ1) is 9.58. The Morgan fingerprint density at radius 2 is 1.70 bits per heavy atom. The number of allylic oxidation sites excluding steroid dienone is 2. The molecule has 102 valence electrons. The van der Waals surface area contributed by atoms with Gasteiger partial charge in [0.15, 0.2) is 0 Å². The van der Waals surface area contributed by atoms with Gasteiger partial charge in [-0.05, 0) is 42.9 Å². The Bertz CT molecular complexity index is 636. The van der Waals surface area contributed by atoms with Gasteiger partial charge in [0.25, 0.3) is 0 Å². The second-order valence-electron chi connectivity index (χ2n) is 5.94. The van der Waals surface area contributed by atoms with Gasteiger partial charge in [-0.15, -0.1) is 0 Å². The molecule has 1 saturated heterocycles. The molecule has 0 spiro atoms. The van der Waals surface area contributed by atoms with Crippen molar-refractivity contribution in [1.29, 1.82) is 0 Å². The van der Waals surface area contributed by atoms with Gasteiger partial charge in [-0.25, -0.2) is 4.90 Å². The molecular formula is C16H14ClNO2. The van der Waals surface area contributed by atoms with Crippen LogP contribution < -0.4 is 4.90 Å². The zero-order valence-corrected chi connectivity index (χ0v) is 11.8. The molecule has 0 N–H and O–H groups in total. The van der Waals surface area contributed by atoms with Gasteiger partial charge in [0.2, 0.25) is 11.8 Å². The van der Waals surface area contributed by atoms with Crippen molar-refractivity contribution in [2.75, 3.05) is 4.90 Å². The molecule has 4 atom stereocenters. The smallest absolute Gasteiger partial charge is 0.238 e. The van der Waals surface area contributed by atoms with E-state index in [4.69, 9.17) is 11.6 Å². The minimum atomic E-state index is -0.157. The van der Waals surface area contributed by atoms with E-state index >= 15 is 0 Å². The number of rotatable bonds is 1. The third kappa shape index (κ3) is 1.41. The molecular weight excluding hydrogens is 274 g/mol. The Kier molecular flexibility index (Phi) is 2.40. The molecule has 4 rings (SSSR count). The highest BCUT2D eigenvalue weighted by Gasteiger charge is 2.59. The van der Waals surface area contributed by atoms with E-state index in [1.807, 2.05) is 13.0 Å². The lowest BCUT2D eigenvalue weighted by molar-refractivity contribution is -0.123. The second kappa shape index (κ2) is 3.95. The number of anilines is 1. The van der Waals surface area contributed by atoms with Gasteiger partial charge in [-0.2, -0.15) is 0 Å². The van der Waals surface area contributed by atoms with Crippen LogP contribution in [0.5, 0.6) is 0 Å². The van der Waals surface area contributed by atoms with Crippen LogP contribution in [0.3, 0.4) is 0 Å². The quantitative estimate of drug-likeness (QED) is 0.588. The summed E-state index contributed by atoms with van der Waals surface area (Å²) in [6.45, 7) is 1.90. The van der Waals surface area contributed by atoms with Crippen molar-refractivity contribution < 1.29 is 9.59 Å². The third-order valence-corrected chi connectivity index (χ3v) is 5.12. The van der Waals surface area contributed by atoms with Crippen molar-refractivity contribution in [1.82, 2.24) is 0 Å². The summed E-state index contributed by atoms with van der Waals surface area (Å²) in [5.41, 5.74) is 1.54. The van der Waals surface area contributed by atoms with Crippen LogP contribution in [0.25, 0.3) is 0 Å². The molecule has 1 aromatic rings. The first kappa shape index (κ1) is 12.2. The third-order valence-electron chi connectivity index (χ3n) is 4.88. The van der Waals surface area contributed by atoms with Crippen molar-refractivity contribution >= 4 is 29.1 Å². The molecule has 20 heavy (non-hydrogen) atoms. The SMILES string of the molecule is Cc1ccc(Cl)cc1N1C(=O)[C@@H]2[C@@H](C1=O)[C@H]1C=C[C@H]2C1. The summed E-state index contributed by atoms with van der Waals surface area (Å²) < 4.78 is 0. The normalized spacial score (nSPS) is 34.2. The summed E-state index contributed by atoms with van der Waals surface area (Å²) >= 11 is 6.02. The fraction of sp³-hybridized carbons (Fsp3) is 0.375. The predicted octanol–water partition coefficient (Wildman–Crippen LogP) is 2.96. The highest BCUT2D eigenvalue weighted by Crippen LogP contribution is 2.53. The number of amides is 2. The number of carbonyl (C=O) groups is 2. The molecule has 3 aliphatic rings. The molecule has 4 heteroatoms. The number of hydrogen-bond donors (Lipinski definition) is 0. The number of aryl methyl sites for hydroxylation is 1. The van der Waals surface area contributed by atoms with Crippen LogP contribution in [0.1, 0.15) is 12.0 Å². The fourth-order valence-corrected chi connectivity index (χ4v) is 4.13. The van der Waals surface area contributed by atoms with E-state index in [1.165, 1.54) is 4.90 Å². The Labute approximate surface area is 122 Å². The molecule has 2 fully saturated rings. The maximum atomic E-state index is 12.7. The molecule has 0 unspecified atom stereocenters. The number of nitrogens with zero attached hydrogens (tertiary/aromatic N) is 1. The minimum Gasteiger partial charge on any atom is -0.274 e. The zero-order chi connectivity index (χ0) is 14.0. The summed E-state index contributed by atoms with van der Waals surface area (Å²) in [6.07, 6.45) is 5.16. The Hall–Kier alpha value is -1.61. The van der Waals surface area contributed by atoms with Crippen LogP contribution in [0.2, 0.25) is 5.02 Å². The van der Waals surface area contributed by atoms with Crippen LogP contribution in [0, 0.1) is 30.6 Å². The molecule has 1 heterocycles. The number of fused-ring (bicyclic) bond motifs is 5. The van der Waals surface area contributed by atoms with E-state index in [2.05, 4.69) is 12.2 Å². The second-order valence-corrected chi connectivity index (χ2v) is 6.38. The lowest BCUT2D eigenvalue weighted by atomic mass is 9.85. The highest BCUT2D eigenvalue weighted by atomic mass is 35.5. The Morgan fingerprint density at radius 3 is 2.30 bits per heavy atom. The van der Waals surface area contributed by atoms with E-state index < -0.39 is 0 Å². The first-order valence-electron chi connectivity index (χ1n) is 6.90. The average Bonchev–Trinajstić information content (AvgIpc) is 3.08. The molecule has 2 aliphatic carbocycles. The molecule has 0 radical (unpaired) electrons. The summed E-state index contributed by atoms with van der Waals surface area (Å²) in [5, 5.41) is 0.546. The standard InChI is InChI=1S/C16H14ClNO2/c1-8-2-5-11(17)7-12(8)18-15(19)13-9-3-4-10(6-9)14(13)16(18)20/h2-5,7,9-10,13-14H,6H2,1H3/t9-,10-,13-,14-/m0/s1. The van der Waals surface area contributed by atoms with Crippen molar-refractivity contribution in [3.05, 3.63) is 40.9 Å². The van der Waals surface area contributed by atoms with Gasteiger partial charge in [0.05, 0.1) is 17.5 Å². The summed E-state index contributed by atoms with van der Waals surface area (Å²) in [5.74, 6) is 0.0630. The van der Waals surface area contributed by atoms with Gasteiger partial charge < -0.3 is 0 Å². The average molecular weight is 288 g/mol. The molecule has 1 aromatic carbocycles. The first-order valence-corrected chi connectivity index (χ1v) is 7.28. The minimum absolute atomic E-state index is 0.0535. The lowest BCUT2D eigenvalue weighted by Gasteiger charge is -2.19. The van der Waals surface area contributed by atoms with Crippen LogP contribution >= 0.6 is 11.6 Å². The summed E-state index contributed by atoms with van der Waals surface area (Å²) in [6, 6.07) is 5.33. The molecule has 0 aromatic heterocycles. The van der Waals surface area contributed by atoms with Gasteiger partial charge >= 0.3 is 0 Å². The van der Waals surface area contributed by atoms with E-state index in [-0.39, 0.29) is 35.5 Å². The molecule has 2 bridgehead atoms. The van der Waals surface area contributed by atoms with Gasteiger partial charge in [0.1, 0.15) is 0 Å². The number of benzene rings is 1. The van der Waals surface area contributed by atoms with Crippen LogP contribution in [0.4, 0.5) is 5.69 Å². The Morgan fingerprint density at radius 1 is 1.10 bits per heavy atom. The van der Waals surface area contributed by atoms with Crippen molar-refractivity contribution in [2.24, 2.45) is 23.7 Å². The topological polar surface area (TPSA) is 37.4 Å². The summed E-state index contributed by atoms with van der Waals surface area (Å²) in [7, 11) is 0. The fourth-order valence-electron chi connectivity index (χ4n) is 3.96. The number of halogens is 1. The molecule has 2 amide bonds. The van der Waals surface area contributed by atoms with E-state index in [0.29, 0.717) is 10.7 Å². The molecule has 3 nitrogen and oxygen atoms in total. The maximum Gasteiger partial charge on any atom is 0.238 e. The number of imide groups is 1. The predicted molar refractivity (Wildman–Crippen MR) is 76.4 cm³/mol. The molecule has 1 saturated carbocycles. The largest absolute Gasteiger partial charge is 0.274 e. The monoisotopic (exact) mass is 287 g/mol. The van der Waals surface area contributed by atoms with E-state index in [0.717, 1.165) is 12.0 Å². The number of hydrogen-bond acceptors (Lipinski definition) is 2. The Balaban J connectivity index is 1.80. The maximum absolute atomic E-state index is 12.7. The van der Waals surface area contributed by atoms with Crippen molar-refractivity contribution in [2.45, 2.75) is 13.3 Å². The van der Waals surface area contributed by atoms with Gasteiger partial charge in [0, 0.05) is 5.02 Å². The van der Waals surface area contributed by atoms with Gasteiger partial charge in [-0.3, -0.25) is 9.59 Å². The highest BCUT2D eigenvalue weighted by molar-refractivity contribution is 6.31. The van der Waals surface area contributed by atoms with Crippen LogP contribution in [-0.4, -0.2) is 11.8 Å². The number of carbonyl (C=O) groups excluding carboxylic acids is 2. The molecule has 1 aliphatic heterocycles. The van der Waals surface area contributed by atoms with Crippen LogP contribution in [-0.2, 0) is 9.59 Å². The van der Waals surface area contributed by atoms with Gasteiger partial charge in [-0.1, -0.05) is 29.8 Å².